The first-order valence-corrected chi connectivity index (χ1v) is 8.07. The highest BCUT2D eigenvalue weighted by molar-refractivity contribution is 7.99. The van der Waals surface area contributed by atoms with Gasteiger partial charge < -0.3 is 10.0 Å². The van der Waals surface area contributed by atoms with E-state index in [9.17, 15) is 22.8 Å². The number of carbonyl (C=O) groups is 2. The maximum atomic E-state index is 13.0. The highest BCUT2D eigenvalue weighted by atomic mass is 32.2. The molecule has 1 aromatic carbocycles. The molecule has 2 heterocycles. The Morgan fingerprint density at radius 1 is 1.22 bits per heavy atom. The summed E-state index contributed by atoms with van der Waals surface area (Å²) in [5, 5.41) is 9.03. The number of likely N-dealkylation sites (tertiary alicyclic amines) is 1. The van der Waals surface area contributed by atoms with Crippen LogP contribution in [-0.4, -0.2) is 46.9 Å². The van der Waals surface area contributed by atoms with Gasteiger partial charge in [-0.15, -0.1) is 11.8 Å². The molecule has 0 spiro atoms. The summed E-state index contributed by atoms with van der Waals surface area (Å²) in [6.45, 7) is -0.968. The SMILES string of the molecule is O=C(O)[C@@H]1CN(C(=O)C2CSc3ccccc32)C[C@H]1C(F)(F)F. The molecule has 3 rings (SSSR count). The molecule has 3 atom stereocenters. The van der Waals surface area contributed by atoms with Crippen molar-refractivity contribution in [3.8, 4) is 0 Å². The molecule has 2 aliphatic rings. The van der Waals surface area contributed by atoms with Gasteiger partial charge in [-0.05, 0) is 11.6 Å². The number of carboxylic acid groups (broad SMARTS) is 1. The number of fused-ring (bicyclic) bond motifs is 1. The van der Waals surface area contributed by atoms with Gasteiger partial charge >= 0.3 is 12.1 Å². The van der Waals surface area contributed by atoms with E-state index in [0.29, 0.717) is 5.75 Å². The summed E-state index contributed by atoms with van der Waals surface area (Å²) in [5.74, 6) is -5.55. The average Bonchev–Trinajstić information content (AvgIpc) is 3.10. The number of rotatable bonds is 2. The Kier molecular flexibility index (Phi) is 4.03. The van der Waals surface area contributed by atoms with E-state index in [1.165, 1.54) is 11.8 Å². The van der Waals surface area contributed by atoms with E-state index in [4.69, 9.17) is 5.11 Å². The summed E-state index contributed by atoms with van der Waals surface area (Å²) in [6, 6.07) is 7.29. The van der Waals surface area contributed by atoms with Gasteiger partial charge in [-0.25, -0.2) is 0 Å². The molecule has 0 saturated carbocycles. The van der Waals surface area contributed by atoms with E-state index in [1.807, 2.05) is 12.1 Å². The van der Waals surface area contributed by atoms with Crippen LogP contribution in [0, 0.1) is 11.8 Å². The zero-order chi connectivity index (χ0) is 16.8. The second-order valence-corrected chi connectivity index (χ2v) is 6.80. The smallest absolute Gasteiger partial charge is 0.394 e. The van der Waals surface area contributed by atoms with Crippen LogP contribution in [0.2, 0.25) is 0 Å². The fourth-order valence-corrected chi connectivity index (χ4v) is 4.37. The van der Waals surface area contributed by atoms with E-state index in [-0.39, 0.29) is 6.54 Å². The molecule has 0 aliphatic carbocycles. The first kappa shape index (κ1) is 16.2. The average molecular weight is 345 g/mol. The van der Waals surface area contributed by atoms with Gasteiger partial charge in [0.25, 0.3) is 0 Å². The predicted molar refractivity (Wildman–Crippen MR) is 77.2 cm³/mol. The van der Waals surface area contributed by atoms with Gasteiger partial charge in [0.1, 0.15) is 0 Å². The van der Waals surface area contributed by atoms with Gasteiger partial charge in [0.05, 0.1) is 17.8 Å². The van der Waals surface area contributed by atoms with Crippen LogP contribution in [0.25, 0.3) is 0 Å². The van der Waals surface area contributed by atoms with Crippen molar-refractivity contribution >= 4 is 23.6 Å². The molecule has 1 aromatic rings. The van der Waals surface area contributed by atoms with Gasteiger partial charge in [0.15, 0.2) is 0 Å². The molecular weight excluding hydrogens is 331 g/mol. The minimum Gasteiger partial charge on any atom is -0.481 e. The lowest BCUT2D eigenvalue weighted by Crippen LogP contribution is -2.35. The van der Waals surface area contributed by atoms with Crippen LogP contribution in [0.5, 0.6) is 0 Å². The summed E-state index contributed by atoms with van der Waals surface area (Å²) in [5.41, 5.74) is 0.810. The number of carboxylic acids is 1. The number of benzene rings is 1. The molecule has 2 aliphatic heterocycles. The number of hydrogen-bond acceptors (Lipinski definition) is 3. The molecule has 23 heavy (non-hydrogen) atoms. The Morgan fingerprint density at radius 3 is 2.52 bits per heavy atom. The Labute approximate surface area is 134 Å². The minimum absolute atomic E-state index is 0.387. The summed E-state index contributed by atoms with van der Waals surface area (Å²) in [4.78, 5) is 25.7. The number of amides is 1. The van der Waals surface area contributed by atoms with Crippen molar-refractivity contribution in [1.29, 1.82) is 0 Å². The maximum Gasteiger partial charge on any atom is 0.394 e. The Hall–Kier alpha value is -1.70. The second kappa shape index (κ2) is 5.74. The number of alkyl halides is 3. The molecule has 0 radical (unpaired) electrons. The minimum atomic E-state index is -4.62. The van der Waals surface area contributed by atoms with E-state index < -0.39 is 42.4 Å². The Morgan fingerprint density at radius 2 is 1.91 bits per heavy atom. The van der Waals surface area contributed by atoms with Crippen LogP contribution in [0.15, 0.2) is 29.2 Å². The molecule has 124 valence electrons. The number of aliphatic carboxylic acids is 1. The lowest BCUT2D eigenvalue weighted by atomic mass is 9.96. The standard InChI is InChI=1S/C15H14F3NO3S/c16-15(17,18)11-6-19(5-9(11)14(21)22)13(20)10-7-23-12-4-2-1-3-8(10)12/h1-4,9-11H,5-7H2,(H,21,22)/t9-,10?,11-/m1/s1. The van der Waals surface area contributed by atoms with Gasteiger partial charge in [-0.1, -0.05) is 18.2 Å². The monoisotopic (exact) mass is 345 g/mol. The van der Waals surface area contributed by atoms with Crippen molar-refractivity contribution in [3.63, 3.8) is 0 Å². The molecule has 0 bridgehead atoms. The van der Waals surface area contributed by atoms with Gasteiger partial charge in [0.2, 0.25) is 5.91 Å². The maximum absolute atomic E-state index is 13.0. The molecule has 1 fully saturated rings. The fraction of sp³-hybridized carbons (Fsp3) is 0.467. The molecule has 0 aromatic heterocycles. The largest absolute Gasteiger partial charge is 0.481 e. The third kappa shape index (κ3) is 2.91. The van der Waals surface area contributed by atoms with Gasteiger partial charge in [0, 0.05) is 23.7 Å². The Bertz CT molecular complexity index is 649. The number of hydrogen-bond donors (Lipinski definition) is 1. The van der Waals surface area contributed by atoms with Crippen molar-refractivity contribution < 1.29 is 27.9 Å². The lowest BCUT2D eigenvalue weighted by Gasteiger charge is -2.21. The third-order valence-corrected chi connectivity index (χ3v) is 5.55. The third-order valence-electron chi connectivity index (χ3n) is 4.37. The van der Waals surface area contributed by atoms with E-state index in [0.717, 1.165) is 15.4 Å². The first-order chi connectivity index (χ1) is 10.8. The van der Waals surface area contributed by atoms with E-state index in [2.05, 4.69) is 0 Å². The van der Waals surface area contributed by atoms with Crippen LogP contribution >= 0.6 is 11.8 Å². The number of halogens is 3. The van der Waals surface area contributed by atoms with Gasteiger partial charge in [-0.2, -0.15) is 13.2 Å². The van der Waals surface area contributed by atoms with Crippen LogP contribution in [-0.2, 0) is 9.59 Å². The highest BCUT2D eigenvalue weighted by Crippen LogP contribution is 2.43. The van der Waals surface area contributed by atoms with Crippen molar-refractivity contribution in [2.75, 3.05) is 18.8 Å². The van der Waals surface area contributed by atoms with Crippen LogP contribution in [0.1, 0.15) is 11.5 Å². The zero-order valence-corrected chi connectivity index (χ0v) is 12.7. The van der Waals surface area contributed by atoms with E-state index >= 15 is 0 Å². The van der Waals surface area contributed by atoms with Crippen LogP contribution in [0.4, 0.5) is 13.2 Å². The van der Waals surface area contributed by atoms with Crippen molar-refractivity contribution in [1.82, 2.24) is 4.90 Å². The Balaban J connectivity index is 1.81. The normalized spacial score (nSPS) is 27.1. The molecule has 1 unspecified atom stereocenters. The quantitative estimate of drug-likeness (QED) is 0.895. The van der Waals surface area contributed by atoms with Crippen molar-refractivity contribution in [3.05, 3.63) is 29.8 Å². The first-order valence-electron chi connectivity index (χ1n) is 7.09. The van der Waals surface area contributed by atoms with Crippen molar-refractivity contribution in [2.24, 2.45) is 11.8 Å². The number of carbonyl (C=O) groups excluding carboxylic acids is 1. The highest BCUT2D eigenvalue weighted by Gasteiger charge is 2.54. The molecular formula is C15H14F3NO3S. The van der Waals surface area contributed by atoms with E-state index in [1.54, 1.807) is 12.1 Å². The summed E-state index contributed by atoms with van der Waals surface area (Å²) in [7, 11) is 0. The molecule has 1 saturated heterocycles. The summed E-state index contributed by atoms with van der Waals surface area (Å²) >= 11 is 1.49. The van der Waals surface area contributed by atoms with Gasteiger partial charge in [-0.3, -0.25) is 9.59 Å². The summed E-state index contributed by atoms with van der Waals surface area (Å²) < 4.78 is 39.1. The zero-order valence-electron chi connectivity index (χ0n) is 11.9. The number of nitrogens with zero attached hydrogens (tertiary/aromatic N) is 1. The van der Waals surface area contributed by atoms with Crippen LogP contribution in [0.3, 0.4) is 0 Å². The van der Waals surface area contributed by atoms with Crippen LogP contribution < -0.4 is 0 Å². The fourth-order valence-electron chi connectivity index (χ4n) is 3.15. The topological polar surface area (TPSA) is 57.6 Å². The molecule has 1 N–H and O–H groups in total. The summed E-state index contributed by atoms with van der Waals surface area (Å²) in [6.07, 6.45) is -4.62. The number of thioether (sulfide) groups is 1. The lowest BCUT2D eigenvalue weighted by molar-refractivity contribution is -0.188. The molecule has 4 nitrogen and oxygen atoms in total. The second-order valence-electron chi connectivity index (χ2n) is 5.74. The predicted octanol–water partition coefficient (Wildman–Crippen LogP) is 2.60. The molecule has 8 heteroatoms. The molecule has 1 amide bonds. The van der Waals surface area contributed by atoms with Crippen molar-refractivity contribution in [2.45, 2.75) is 17.0 Å².